The first-order chi connectivity index (χ1) is 13.0. The summed E-state index contributed by atoms with van der Waals surface area (Å²) in [6, 6.07) is 6.75. The second-order valence-electron chi connectivity index (χ2n) is 6.27. The van der Waals surface area contributed by atoms with Gasteiger partial charge in [0.05, 0.1) is 12.5 Å². The number of piperidine rings is 1. The molecular formula is C19H28ClIN4O3. The molecule has 1 amide bonds. The summed E-state index contributed by atoms with van der Waals surface area (Å²) >= 11 is 5.83. The van der Waals surface area contributed by atoms with Crippen LogP contribution in [0.3, 0.4) is 0 Å². The highest BCUT2D eigenvalue weighted by molar-refractivity contribution is 14.0. The van der Waals surface area contributed by atoms with Gasteiger partial charge < -0.3 is 20.3 Å². The van der Waals surface area contributed by atoms with Crippen molar-refractivity contribution in [1.82, 2.24) is 15.5 Å². The number of halogens is 2. The van der Waals surface area contributed by atoms with Gasteiger partial charge in [0.25, 0.3) is 5.91 Å². The number of ether oxygens (including phenoxy) is 1. The van der Waals surface area contributed by atoms with Crippen molar-refractivity contribution < 1.29 is 14.3 Å². The van der Waals surface area contributed by atoms with E-state index in [1.54, 1.807) is 31.3 Å². The molecule has 0 aromatic heterocycles. The maximum Gasteiger partial charge on any atom is 0.310 e. The fraction of sp³-hybridized carbons (Fsp3) is 0.526. The van der Waals surface area contributed by atoms with Crippen molar-refractivity contribution in [2.45, 2.75) is 19.8 Å². The molecule has 2 N–H and O–H groups in total. The summed E-state index contributed by atoms with van der Waals surface area (Å²) in [6.07, 6.45) is 1.75. The Hall–Kier alpha value is -1.55. The molecule has 0 bridgehead atoms. The zero-order chi connectivity index (χ0) is 19.6. The van der Waals surface area contributed by atoms with Gasteiger partial charge in [-0.05, 0) is 44.0 Å². The number of amides is 1. The summed E-state index contributed by atoms with van der Waals surface area (Å²) in [5, 5.41) is 6.68. The number of aliphatic imine (C=N–C) groups is 1. The minimum Gasteiger partial charge on any atom is -0.466 e. The fourth-order valence-corrected chi connectivity index (χ4v) is 3.13. The van der Waals surface area contributed by atoms with Gasteiger partial charge in [0.1, 0.15) is 0 Å². The van der Waals surface area contributed by atoms with Crippen LogP contribution in [0.25, 0.3) is 0 Å². The number of hydrogen-bond acceptors (Lipinski definition) is 4. The van der Waals surface area contributed by atoms with E-state index in [4.69, 9.17) is 16.3 Å². The van der Waals surface area contributed by atoms with Gasteiger partial charge in [0, 0.05) is 43.8 Å². The molecule has 2 rings (SSSR count). The molecule has 9 heteroatoms. The fourth-order valence-electron chi connectivity index (χ4n) is 3.01. The molecular weight excluding hydrogens is 495 g/mol. The summed E-state index contributed by atoms with van der Waals surface area (Å²) in [6.45, 7) is 4.64. The summed E-state index contributed by atoms with van der Waals surface area (Å²) in [4.78, 5) is 30.4. The number of benzene rings is 1. The first kappa shape index (κ1) is 24.5. The van der Waals surface area contributed by atoms with Crippen LogP contribution in [-0.2, 0) is 9.53 Å². The Morgan fingerprint density at radius 3 is 2.57 bits per heavy atom. The predicted octanol–water partition coefficient (Wildman–Crippen LogP) is 2.54. The smallest absolute Gasteiger partial charge is 0.310 e. The zero-order valence-electron chi connectivity index (χ0n) is 16.2. The van der Waals surface area contributed by atoms with Gasteiger partial charge in [-0.25, -0.2) is 0 Å². The van der Waals surface area contributed by atoms with Crippen LogP contribution >= 0.6 is 35.6 Å². The average molecular weight is 523 g/mol. The molecule has 156 valence electrons. The van der Waals surface area contributed by atoms with Crippen LogP contribution in [0, 0.1) is 5.92 Å². The molecule has 1 aromatic carbocycles. The molecule has 1 unspecified atom stereocenters. The molecule has 1 saturated heterocycles. The lowest BCUT2D eigenvalue weighted by Gasteiger charge is -2.33. The molecule has 1 aliphatic rings. The summed E-state index contributed by atoms with van der Waals surface area (Å²) in [5.41, 5.74) is 0.567. The van der Waals surface area contributed by atoms with Crippen molar-refractivity contribution in [1.29, 1.82) is 0 Å². The van der Waals surface area contributed by atoms with Crippen molar-refractivity contribution in [2.24, 2.45) is 10.9 Å². The number of nitrogens with one attached hydrogen (secondary N) is 2. The van der Waals surface area contributed by atoms with Crippen molar-refractivity contribution in [3.63, 3.8) is 0 Å². The van der Waals surface area contributed by atoms with E-state index in [1.165, 1.54) is 0 Å². The van der Waals surface area contributed by atoms with Crippen LogP contribution in [0.2, 0.25) is 5.02 Å². The number of carbonyl (C=O) groups excluding carboxylic acids is 2. The molecule has 1 heterocycles. The van der Waals surface area contributed by atoms with Gasteiger partial charge >= 0.3 is 5.97 Å². The van der Waals surface area contributed by atoms with E-state index in [0.29, 0.717) is 36.8 Å². The molecule has 0 aliphatic carbocycles. The number of guanidine groups is 1. The van der Waals surface area contributed by atoms with E-state index in [-0.39, 0.29) is 41.8 Å². The first-order valence-electron chi connectivity index (χ1n) is 9.21. The summed E-state index contributed by atoms with van der Waals surface area (Å²) < 4.78 is 5.14. The van der Waals surface area contributed by atoms with Crippen LogP contribution < -0.4 is 10.6 Å². The second-order valence-corrected chi connectivity index (χ2v) is 6.71. The molecule has 0 spiro atoms. The van der Waals surface area contributed by atoms with Crippen molar-refractivity contribution in [2.75, 3.05) is 39.8 Å². The number of hydrogen-bond donors (Lipinski definition) is 2. The molecule has 0 saturated carbocycles. The second kappa shape index (κ2) is 12.8. The highest BCUT2D eigenvalue weighted by Crippen LogP contribution is 2.18. The largest absolute Gasteiger partial charge is 0.466 e. The number of rotatable bonds is 6. The Balaban J connectivity index is 0.00000392. The average Bonchev–Trinajstić information content (AvgIpc) is 2.68. The van der Waals surface area contributed by atoms with Crippen molar-refractivity contribution >= 4 is 53.4 Å². The van der Waals surface area contributed by atoms with Gasteiger partial charge in [-0.1, -0.05) is 11.6 Å². The van der Waals surface area contributed by atoms with E-state index < -0.39 is 0 Å². The third-order valence-corrected chi connectivity index (χ3v) is 4.60. The van der Waals surface area contributed by atoms with Gasteiger partial charge in [-0.2, -0.15) is 0 Å². The number of esters is 1. The normalized spacial score (nSPS) is 16.8. The Labute approximate surface area is 188 Å². The van der Waals surface area contributed by atoms with E-state index in [1.807, 2.05) is 6.92 Å². The molecule has 0 radical (unpaired) electrons. The van der Waals surface area contributed by atoms with Gasteiger partial charge in [-0.15, -0.1) is 24.0 Å². The van der Waals surface area contributed by atoms with Crippen LogP contribution in [0.5, 0.6) is 0 Å². The monoisotopic (exact) mass is 522 g/mol. The third-order valence-electron chi connectivity index (χ3n) is 4.35. The number of carbonyl (C=O) groups is 2. The number of likely N-dealkylation sites (tertiary alicyclic amines) is 1. The lowest BCUT2D eigenvalue weighted by atomic mass is 9.98. The summed E-state index contributed by atoms with van der Waals surface area (Å²) in [7, 11) is 1.71. The zero-order valence-corrected chi connectivity index (χ0v) is 19.3. The third kappa shape index (κ3) is 7.46. The van der Waals surface area contributed by atoms with Crippen LogP contribution in [0.4, 0.5) is 0 Å². The Morgan fingerprint density at radius 1 is 1.25 bits per heavy atom. The van der Waals surface area contributed by atoms with Gasteiger partial charge in [-0.3, -0.25) is 14.6 Å². The van der Waals surface area contributed by atoms with Gasteiger partial charge in [0.2, 0.25) is 0 Å². The Morgan fingerprint density at radius 2 is 1.93 bits per heavy atom. The molecule has 28 heavy (non-hydrogen) atoms. The lowest BCUT2D eigenvalue weighted by Crippen LogP contribution is -2.49. The molecule has 7 nitrogen and oxygen atoms in total. The van der Waals surface area contributed by atoms with E-state index in [0.717, 1.165) is 25.3 Å². The van der Waals surface area contributed by atoms with E-state index in [2.05, 4.69) is 20.5 Å². The highest BCUT2D eigenvalue weighted by Gasteiger charge is 2.28. The Kier molecular flexibility index (Phi) is 11.2. The minimum absolute atomic E-state index is 0. The van der Waals surface area contributed by atoms with E-state index in [9.17, 15) is 9.59 Å². The van der Waals surface area contributed by atoms with Gasteiger partial charge in [0.15, 0.2) is 5.96 Å². The van der Waals surface area contributed by atoms with Crippen molar-refractivity contribution in [3.8, 4) is 0 Å². The van der Waals surface area contributed by atoms with Crippen LogP contribution in [0.1, 0.15) is 30.1 Å². The topological polar surface area (TPSA) is 83.0 Å². The lowest BCUT2D eigenvalue weighted by molar-refractivity contribution is -0.149. The quantitative estimate of drug-likeness (QED) is 0.197. The number of nitrogens with zero attached hydrogens (tertiary/aromatic N) is 2. The minimum atomic E-state index is -0.149. The SMILES string of the molecule is CCOC(=O)C1CCCN(C(=NC)NCCNC(=O)c2ccc(Cl)cc2)C1.I. The molecule has 1 aliphatic heterocycles. The Bertz CT molecular complexity index is 670. The summed E-state index contributed by atoms with van der Waals surface area (Å²) in [5.74, 6) is 0.309. The molecule has 1 aromatic rings. The molecule has 1 atom stereocenters. The molecule has 1 fully saturated rings. The van der Waals surface area contributed by atoms with Crippen molar-refractivity contribution in [3.05, 3.63) is 34.9 Å². The van der Waals surface area contributed by atoms with E-state index >= 15 is 0 Å². The maximum atomic E-state index is 12.1. The predicted molar refractivity (Wildman–Crippen MR) is 121 cm³/mol. The van der Waals surface area contributed by atoms with Crippen LogP contribution in [-0.4, -0.2) is 62.6 Å². The standard InChI is InChI=1S/C19H27ClN4O3.HI/c1-3-27-18(26)15-5-4-12-24(13-15)19(21-2)23-11-10-22-17(25)14-6-8-16(20)9-7-14;/h6-9,15H,3-5,10-13H2,1-2H3,(H,21,23)(H,22,25);1H. The maximum absolute atomic E-state index is 12.1. The highest BCUT2D eigenvalue weighted by atomic mass is 127. The first-order valence-corrected chi connectivity index (χ1v) is 9.59. The van der Waals surface area contributed by atoms with Crippen LogP contribution in [0.15, 0.2) is 29.3 Å².